The van der Waals surface area contributed by atoms with E-state index < -0.39 is 0 Å². The first-order valence-electron chi connectivity index (χ1n) is 3.87. The van der Waals surface area contributed by atoms with Crippen molar-refractivity contribution < 1.29 is 9.53 Å². The minimum Gasteiger partial charge on any atom is -0.465 e. The van der Waals surface area contributed by atoms with Gasteiger partial charge in [0.25, 0.3) is 0 Å². The third kappa shape index (κ3) is 2.05. The van der Waals surface area contributed by atoms with E-state index in [2.05, 4.69) is 9.72 Å². The Hall–Kier alpha value is -0.940. The molecule has 0 saturated carbocycles. The lowest BCUT2D eigenvalue weighted by atomic mass is 10.4. The topological polar surface area (TPSA) is 65.2 Å². The molecule has 1 rings (SSSR count). The molecule has 0 aliphatic carbocycles. The molecular formula is C8H12N2O2S. The fourth-order valence-corrected chi connectivity index (χ4v) is 1.83. The van der Waals surface area contributed by atoms with Gasteiger partial charge in [0.2, 0.25) is 0 Å². The third-order valence-corrected chi connectivity index (χ3v) is 2.91. The molecule has 0 fully saturated rings. The number of methoxy groups -OCH3 is 1. The van der Waals surface area contributed by atoms with E-state index in [0.717, 1.165) is 5.01 Å². The number of hydrogen-bond acceptors (Lipinski definition) is 5. The zero-order valence-electron chi connectivity index (χ0n) is 7.83. The van der Waals surface area contributed by atoms with Crippen molar-refractivity contribution in [3.63, 3.8) is 0 Å². The molecule has 1 heterocycles. The van der Waals surface area contributed by atoms with Gasteiger partial charge in [0.05, 0.1) is 18.8 Å². The highest BCUT2D eigenvalue weighted by Crippen LogP contribution is 2.22. The molecule has 1 atom stereocenters. The van der Waals surface area contributed by atoms with Crippen molar-refractivity contribution in [2.45, 2.75) is 19.9 Å². The van der Waals surface area contributed by atoms with Crippen molar-refractivity contribution in [2.24, 2.45) is 5.73 Å². The summed E-state index contributed by atoms with van der Waals surface area (Å²) in [5.74, 6) is -0.345. The summed E-state index contributed by atoms with van der Waals surface area (Å²) in [6.45, 7) is 3.61. The SMILES string of the molecule is COC(=O)c1sc([C@H](C)N)nc1C. The van der Waals surface area contributed by atoms with Crippen molar-refractivity contribution in [2.75, 3.05) is 7.11 Å². The molecule has 1 aromatic heterocycles. The van der Waals surface area contributed by atoms with Crippen molar-refractivity contribution in [3.05, 3.63) is 15.6 Å². The predicted molar refractivity (Wildman–Crippen MR) is 50.8 cm³/mol. The number of thiazole rings is 1. The fraction of sp³-hybridized carbons (Fsp3) is 0.500. The number of hydrogen-bond donors (Lipinski definition) is 1. The van der Waals surface area contributed by atoms with Gasteiger partial charge in [-0.2, -0.15) is 0 Å². The standard InChI is InChI=1S/C8H12N2O2S/c1-4(9)7-10-5(2)6(13-7)8(11)12-3/h4H,9H2,1-3H3/t4-/m0/s1. The first-order valence-corrected chi connectivity index (χ1v) is 4.69. The Kier molecular flexibility index (Phi) is 3.00. The second kappa shape index (κ2) is 3.85. The Morgan fingerprint density at radius 2 is 2.31 bits per heavy atom. The zero-order chi connectivity index (χ0) is 10.0. The lowest BCUT2D eigenvalue weighted by molar-refractivity contribution is 0.0605. The van der Waals surface area contributed by atoms with Crippen LogP contribution in [0.3, 0.4) is 0 Å². The second-order valence-electron chi connectivity index (χ2n) is 2.75. The van der Waals surface area contributed by atoms with Crippen LogP contribution in [0.25, 0.3) is 0 Å². The summed E-state index contributed by atoms with van der Waals surface area (Å²) < 4.78 is 4.60. The Morgan fingerprint density at radius 1 is 1.69 bits per heavy atom. The van der Waals surface area contributed by atoms with E-state index in [9.17, 15) is 4.79 Å². The summed E-state index contributed by atoms with van der Waals surface area (Å²) in [4.78, 5) is 15.9. The molecular weight excluding hydrogens is 188 g/mol. The summed E-state index contributed by atoms with van der Waals surface area (Å²) in [5, 5.41) is 0.762. The van der Waals surface area contributed by atoms with E-state index in [4.69, 9.17) is 5.73 Å². The summed E-state index contributed by atoms with van der Waals surface area (Å²) in [6.07, 6.45) is 0. The highest BCUT2D eigenvalue weighted by Gasteiger charge is 2.16. The van der Waals surface area contributed by atoms with Gasteiger partial charge in [-0.15, -0.1) is 11.3 Å². The number of nitrogens with zero attached hydrogens (tertiary/aromatic N) is 1. The second-order valence-corrected chi connectivity index (χ2v) is 3.78. The maximum Gasteiger partial charge on any atom is 0.349 e. The van der Waals surface area contributed by atoms with Crippen LogP contribution in [0.4, 0.5) is 0 Å². The van der Waals surface area contributed by atoms with Gasteiger partial charge in [0.1, 0.15) is 9.88 Å². The largest absolute Gasteiger partial charge is 0.465 e. The van der Waals surface area contributed by atoms with Crippen LogP contribution in [0.15, 0.2) is 0 Å². The molecule has 5 heteroatoms. The predicted octanol–water partition coefficient (Wildman–Crippen LogP) is 1.26. The molecule has 0 amide bonds. The summed E-state index contributed by atoms with van der Waals surface area (Å²) >= 11 is 1.29. The van der Waals surface area contributed by atoms with Crippen LogP contribution in [0, 0.1) is 6.92 Å². The summed E-state index contributed by atoms with van der Waals surface area (Å²) in [5.41, 5.74) is 6.32. The monoisotopic (exact) mass is 200 g/mol. The summed E-state index contributed by atoms with van der Waals surface area (Å²) in [7, 11) is 1.35. The average Bonchev–Trinajstić information content (AvgIpc) is 2.46. The van der Waals surface area contributed by atoms with Gasteiger partial charge in [0.15, 0.2) is 0 Å². The van der Waals surface area contributed by atoms with Crippen molar-refractivity contribution in [1.29, 1.82) is 0 Å². The maximum atomic E-state index is 11.2. The van der Waals surface area contributed by atoms with E-state index in [-0.39, 0.29) is 12.0 Å². The molecule has 0 radical (unpaired) electrons. The van der Waals surface area contributed by atoms with E-state index in [0.29, 0.717) is 10.6 Å². The van der Waals surface area contributed by atoms with Gasteiger partial charge in [-0.05, 0) is 13.8 Å². The first-order chi connectivity index (χ1) is 6.06. The van der Waals surface area contributed by atoms with Crippen LogP contribution in [-0.2, 0) is 4.74 Å². The van der Waals surface area contributed by atoms with Crippen molar-refractivity contribution in [1.82, 2.24) is 4.98 Å². The van der Waals surface area contributed by atoms with Crippen LogP contribution in [0.2, 0.25) is 0 Å². The number of rotatable bonds is 2. The van der Waals surface area contributed by atoms with Crippen LogP contribution >= 0.6 is 11.3 Å². The Bertz CT molecular complexity index is 320. The van der Waals surface area contributed by atoms with Crippen LogP contribution in [0.5, 0.6) is 0 Å². The van der Waals surface area contributed by atoms with Gasteiger partial charge in [-0.1, -0.05) is 0 Å². The van der Waals surface area contributed by atoms with E-state index >= 15 is 0 Å². The van der Waals surface area contributed by atoms with Gasteiger partial charge in [-0.3, -0.25) is 0 Å². The molecule has 13 heavy (non-hydrogen) atoms. The highest BCUT2D eigenvalue weighted by molar-refractivity contribution is 7.13. The van der Waals surface area contributed by atoms with Gasteiger partial charge in [0, 0.05) is 0 Å². The van der Waals surface area contributed by atoms with E-state index in [1.807, 2.05) is 6.92 Å². The molecule has 0 bridgehead atoms. The van der Waals surface area contributed by atoms with Crippen LogP contribution < -0.4 is 5.73 Å². The number of nitrogens with two attached hydrogens (primary N) is 1. The third-order valence-electron chi connectivity index (χ3n) is 1.57. The first kappa shape index (κ1) is 10.1. The molecule has 4 nitrogen and oxygen atoms in total. The lowest BCUT2D eigenvalue weighted by Crippen LogP contribution is -2.03. The average molecular weight is 200 g/mol. The van der Waals surface area contributed by atoms with Crippen molar-refractivity contribution >= 4 is 17.3 Å². The molecule has 2 N–H and O–H groups in total. The van der Waals surface area contributed by atoms with Crippen LogP contribution in [0.1, 0.15) is 33.3 Å². The highest BCUT2D eigenvalue weighted by atomic mass is 32.1. The fourth-order valence-electron chi connectivity index (χ4n) is 0.894. The van der Waals surface area contributed by atoms with Crippen LogP contribution in [-0.4, -0.2) is 18.1 Å². The van der Waals surface area contributed by atoms with Crippen molar-refractivity contribution in [3.8, 4) is 0 Å². The molecule has 0 aromatic carbocycles. The zero-order valence-corrected chi connectivity index (χ0v) is 8.64. The van der Waals surface area contributed by atoms with Gasteiger partial charge >= 0.3 is 5.97 Å². The quantitative estimate of drug-likeness (QED) is 0.730. The minimum absolute atomic E-state index is 0.137. The molecule has 0 aliphatic rings. The molecule has 0 spiro atoms. The smallest absolute Gasteiger partial charge is 0.349 e. The van der Waals surface area contributed by atoms with E-state index in [1.54, 1.807) is 6.92 Å². The molecule has 0 saturated heterocycles. The summed E-state index contributed by atoms with van der Waals surface area (Å²) in [6, 6.07) is -0.137. The number of aromatic nitrogens is 1. The Morgan fingerprint density at radius 3 is 2.69 bits per heavy atom. The minimum atomic E-state index is -0.345. The normalized spacial score (nSPS) is 12.6. The Labute approximate surface area is 80.7 Å². The molecule has 1 aromatic rings. The number of aryl methyl sites for hydroxylation is 1. The number of carbonyl (C=O) groups excluding carboxylic acids is 1. The Balaban J connectivity index is 3.03. The lowest BCUT2D eigenvalue weighted by Gasteiger charge is -1.96. The molecule has 0 aliphatic heterocycles. The number of esters is 1. The van der Waals surface area contributed by atoms with Gasteiger partial charge < -0.3 is 10.5 Å². The maximum absolute atomic E-state index is 11.2. The molecule has 72 valence electrons. The number of ether oxygens (including phenoxy) is 1. The number of carbonyl (C=O) groups is 1. The van der Waals surface area contributed by atoms with E-state index in [1.165, 1.54) is 18.4 Å². The molecule has 0 unspecified atom stereocenters. The van der Waals surface area contributed by atoms with Gasteiger partial charge in [-0.25, -0.2) is 9.78 Å².